The average Bonchev–Trinajstić information content (AvgIpc) is 1.41. The molecule has 0 aromatic carbocycles. The van der Waals surface area contributed by atoms with Crippen molar-refractivity contribution in [2.45, 2.75) is 6.92 Å². The van der Waals surface area contributed by atoms with Crippen LogP contribution in [0.25, 0.3) is 0 Å². The van der Waals surface area contributed by atoms with Gasteiger partial charge in [-0.3, -0.25) is 0 Å². The fraction of sp³-hybridized carbons (Fsp3) is 0.333. The van der Waals surface area contributed by atoms with Crippen LogP contribution >= 0.6 is 24.8 Å². The molecule has 0 aromatic rings. The van der Waals surface area contributed by atoms with Gasteiger partial charge in [-0.05, 0) is 0 Å². The Labute approximate surface area is 68.2 Å². The monoisotopic (exact) mass is 186 g/mol. The molecule has 0 heterocycles. The Bertz CT molecular complexity index is 35.9. The minimum atomic E-state index is 0. The molecule has 0 aromatic heterocycles. The summed E-state index contributed by atoms with van der Waals surface area (Å²) in [4.78, 5) is 0. The maximum atomic E-state index is 4.71. The molecule has 0 atom stereocenters. The molecule has 1 nitrogen and oxygen atoms in total. The molecule has 4 heteroatoms. The van der Waals surface area contributed by atoms with Gasteiger partial charge in [0.2, 0.25) is 0 Å². The first-order valence-electron chi connectivity index (χ1n) is 1.42. The predicted octanol–water partition coefficient (Wildman–Crippen LogP) is 0.998. The summed E-state index contributed by atoms with van der Waals surface area (Å²) >= 11 is 7.65. The first kappa shape index (κ1) is 15.7. The van der Waals surface area contributed by atoms with Gasteiger partial charge in [0.25, 0.3) is 0 Å². The zero-order chi connectivity index (χ0) is 5.58. The molecular formula is C3H8NS2Zn-. The van der Waals surface area contributed by atoms with Gasteiger partial charge < -0.3 is 12.7 Å². The van der Waals surface area contributed by atoms with Crippen molar-refractivity contribution in [3.63, 3.8) is 0 Å². The van der Waals surface area contributed by atoms with E-state index in [0.29, 0.717) is 0 Å². The van der Waals surface area contributed by atoms with Crippen molar-refractivity contribution in [3.05, 3.63) is 6.92 Å². The van der Waals surface area contributed by atoms with E-state index in [1.807, 2.05) is 0 Å². The molecule has 0 amide bonds. The topological polar surface area (TPSA) is 26.0 Å². The van der Waals surface area contributed by atoms with Crippen LogP contribution in [0.2, 0.25) is 0 Å². The first-order chi connectivity index (χ1) is 2.73. The summed E-state index contributed by atoms with van der Waals surface area (Å²) in [6.45, 7) is 5.00. The fourth-order valence-corrected chi connectivity index (χ4v) is 0. The molecule has 2 N–H and O–H groups in total. The Morgan fingerprint density at radius 1 is 1.71 bits per heavy atom. The van der Waals surface area contributed by atoms with E-state index in [2.05, 4.69) is 31.8 Å². The van der Waals surface area contributed by atoms with E-state index in [1.54, 1.807) is 6.92 Å². The average molecular weight is 188 g/mol. The summed E-state index contributed by atoms with van der Waals surface area (Å²) in [5.74, 6) is 0. The number of thiocarbonyl (C=S) groups is 1. The molecule has 0 aliphatic heterocycles. The molecule has 0 saturated heterocycles. The van der Waals surface area contributed by atoms with Crippen LogP contribution in [0.5, 0.6) is 0 Å². The van der Waals surface area contributed by atoms with Gasteiger partial charge in [-0.1, -0.05) is 12.2 Å². The van der Waals surface area contributed by atoms with Crippen molar-refractivity contribution < 1.29 is 19.5 Å². The van der Waals surface area contributed by atoms with Crippen LogP contribution in [0.1, 0.15) is 6.92 Å². The maximum absolute atomic E-state index is 4.71. The molecule has 0 aliphatic carbocycles. The number of thiol groups is 1. The largest absolute Gasteiger partial charge is 0.385 e. The summed E-state index contributed by atoms with van der Waals surface area (Å²) in [5.41, 5.74) is 4.71. The molecule has 0 bridgehead atoms. The predicted molar refractivity (Wildman–Crippen MR) is 36.8 cm³/mol. The van der Waals surface area contributed by atoms with Crippen LogP contribution in [0, 0.1) is 6.92 Å². The van der Waals surface area contributed by atoms with Crippen molar-refractivity contribution in [1.29, 1.82) is 0 Å². The second kappa shape index (κ2) is 15.8. The first-order valence-corrected chi connectivity index (χ1v) is 2.28. The van der Waals surface area contributed by atoms with Crippen molar-refractivity contribution in [3.8, 4) is 0 Å². The molecule has 40 valence electrons. The van der Waals surface area contributed by atoms with Gasteiger partial charge in [-0.25, -0.2) is 0 Å². The normalized spacial score (nSPS) is 4.43. The standard InChI is InChI=1S/C2H5.CH3NS2.Zn/c1-2;2-1(3)4;/h1H2,2H3;(H3,2,3,4);/q-1;;. The van der Waals surface area contributed by atoms with Gasteiger partial charge >= 0.3 is 0 Å². The third-order valence-corrected chi connectivity index (χ3v) is 0. The van der Waals surface area contributed by atoms with Crippen molar-refractivity contribution in [1.82, 2.24) is 0 Å². The van der Waals surface area contributed by atoms with E-state index in [4.69, 9.17) is 5.73 Å². The number of nitrogens with two attached hydrogens (primary N) is 1. The Kier molecular flexibility index (Phi) is 35.4. The van der Waals surface area contributed by atoms with Gasteiger partial charge in [0.05, 0.1) is 0 Å². The Balaban J connectivity index is -0.0000000480. The van der Waals surface area contributed by atoms with Crippen LogP contribution in [0.15, 0.2) is 0 Å². The molecule has 7 heavy (non-hydrogen) atoms. The summed E-state index contributed by atoms with van der Waals surface area (Å²) in [6, 6.07) is 0. The van der Waals surface area contributed by atoms with Crippen LogP contribution in [-0.2, 0) is 19.5 Å². The quantitative estimate of drug-likeness (QED) is 0.256. The minimum Gasteiger partial charge on any atom is -0.385 e. The van der Waals surface area contributed by atoms with Crippen molar-refractivity contribution >= 4 is 29.2 Å². The molecular weight excluding hydrogens is 180 g/mol. The summed E-state index contributed by atoms with van der Waals surface area (Å²) in [5, 5.41) is 0. The van der Waals surface area contributed by atoms with E-state index >= 15 is 0 Å². The molecule has 0 saturated carbocycles. The number of rotatable bonds is 0. The van der Waals surface area contributed by atoms with Gasteiger partial charge in [-0.15, -0.1) is 12.6 Å². The van der Waals surface area contributed by atoms with E-state index < -0.39 is 0 Å². The molecule has 0 radical (unpaired) electrons. The molecule has 0 unspecified atom stereocenters. The van der Waals surface area contributed by atoms with Gasteiger partial charge in [-0.2, -0.15) is 6.92 Å². The van der Waals surface area contributed by atoms with Gasteiger partial charge in [0.15, 0.2) is 0 Å². The molecule has 0 rings (SSSR count). The minimum absolute atomic E-state index is 0. The van der Waals surface area contributed by atoms with E-state index in [-0.39, 0.29) is 23.8 Å². The summed E-state index contributed by atoms with van der Waals surface area (Å²) < 4.78 is 0.194. The number of hydrogen-bond donors (Lipinski definition) is 2. The van der Waals surface area contributed by atoms with Crippen LogP contribution in [0.4, 0.5) is 0 Å². The van der Waals surface area contributed by atoms with Crippen LogP contribution in [-0.4, -0.2) is 4.32 Å². The molecule has 0 spiro atoms. The summed E-state index contributed by atoms with van der Waals surface area (Å²) in [7, 11) is 0. The number of hydrogen-bond acceptors (Lipinski definition) is 1. The Morgan fingerprint density at radius 3 is 1.71 bits per heavy atom. The Hall–Kier alpha value is 0.863. The van der Waals surface area contributed by atoms with E-state index in [1.165, 1.54) is 0 Å². The SMILES string of the molecule is NC(=S)S.[CH2-]C.[Zn]. The third-order valence-electron chi connectivity index (χ3n) is 0. The molecule has 0 fully saturated rings. The van der Waals surface area contributed by atoms with Crippen LogP contribution in [0.3, 0.4) is 0 Å². The smallest absolute Gasteiger partial charge is 0.128 e. The van der Waals surface area contributed by atoms with Crippen LogP contribution < -0.4 is 5.73 Å². The van der Waals surface area contributed by atoms with Crippen molar-refractivity contribution in [2.75, 3.05) is 0 Å². The van der Waals surface area contributed by atoms with Crippen molar-refractivity contribution in [2.24, 2.45) is 5.73 Å². The van der Waals surface area contributed by atoms with E-state index in [9.17, 15) is 0 Å². The van der Waals surface area contributed by atoms with Gasteiger partial charge in [0, 0.05) is 19.5 Å². The maximum Gasteiger partial charge on any atom is 0.128 e. The second-order valence-electron chi connectivity index (χ2n) is 0.338. The zero-order valence-corrected chi connectivity index (χ0v) is 9.03. The fourth-order valence-electron chi connectivity index (χ4n) is 0. The Morgan fingerprint density at radius 2 is 1.71 bits per heavy atom. The van der Waals surface area contributed by atoms with Gasteiger partial charge in [0.1, 0.15) is 4.32 Å². The summed E-state index contributed by atoms with van der Waals surface area (Å²) in [6.07, 6.45) is 0. The third kappa shape index (κ3) is 218. The second-order valence-corrected chi connectivity index (χ2v) is 1.56. The molecule has 0 aliphatic rings. The zero-order valence-electron chi connectivity index (χ0n) is 4.35. The van der Waals surface area contributed by atoms with E-state index in [0.717, 1.165) is 0 Å².